The summed E-state index contributed by atoms with van der Waals surface area (Å²) in [6.07, 6.45) is 1.90. The van der Waals surface area contributed by atoms with Crippen molar-refractivity contribution >= 4 is 5.97 Å². The minimum Gasteiger partial charge on any atom is -0.491 e. The summed E-state index contributed by atoms with van der Waals surface area (Å²) in [7, 11) is 0. The smallest absolute Gasteiger partial charge is 0.346 e. The van der Waals surface area contributed by atoms with Gasteiger partial charge in [0.05, 0.1) is 12.2 Å². The van der Waals surface area contributed by atoms with Gasteiger partial charge in [0, 0.05) is 11.1 Å². The van der Waals surface area contributed by atoms with Gasteiger partial charge in [-0.25, -0.2) is 18.0 Å². The van der Waals surface area contributed by atoms with Crippen LogP contribution >= 0.6 is 0 Å². The Bertz CT molecular complexity index is 1410. The number of carbonyl (C=O) groups excluding carboxylic acids is 1. The topological polar surface area (TPSA) is 35.5 Å². The van der Waals surface area contributed by atoms with Crippen molar-refractivity contribution in [2.24, 2.45) is 0 Å². The number of esters is 1. The van der Waals surface area contributed by atoms with E-state index in [2.05, 4.69) is 6.92 Å². The van der Waals surface area contributed by atoms with E-state index in [9.17, 15) is 22.4 Å². The van der Waals surface area contributed by atoms with E-state index in [1.165, 1.54) is 36.4 Å². The van der Waals surface area contributed by atoms with Crippen LogP contribution in [0.15, 0.2) is 72.8 Å². The summed E-state index contributed by atoms with van der Waals surface area (Å²) in [6.45, 7) is 3.82. The fourth-order valence-corrected chi connectivity index (χ4v) is 3.96. The Morgan fingerprint density at radius 2 is 1.24 bits per heavy atom. The molecule has 0 saturated heterocycles. The van der Waals surface area contributed by atoms with Gasteiger partial charge in [-0.3, -0.25) is 0 Å². The summed E-state index contributed by atoms with van der Waals surface area (Å²) < 4.78 is 68.4. The molecule has 3 nitrogen and oxygen atoms in total. The molecule has 0 spiro atoms. The third kappa shape index (κ3) is 5.50. The predicted molar refractivity (Wildman–Crippen MR) is 134 cm³/mol. The van der Waals surface area contributed by atoms with Crippen molar-refractivity contribution in [2.75, 3.05) is 6.61 Å². The quantitative estimate of drug-likeness (QED) is 0.137. The number of ether oxygens (including phenoxy) is 2. The average Bonchev–Trinajstić information content (AvgIpc) is 2.90. The maximum Gasteiger partial charge on any atom is 0.346 e. The van der Waals surface area contributed by atoms with Gasteiger partial charge in [-0.05, 0) is 54.3 Å². The van der Waals surface area contributed by atoms with Crippen molar-refractivity contribution in [2.45, 2.75) is 26.7 Å². The Labute approximate surface area is 212 Å². The third-order valence-electron chi connectivity index (χ3n) is 5.83. The van der Waals surface area contributed by atoms with Gasteiger partial charge in [-0.2, -0.15) is 4.39 Å². The van der Waals surface area contributed by atoms with Gasteiger partial charge in [0.1, 0.15) is 5.75 Å². The van der Waals surface area contributed by atoms with E-state index in [0.717, 1.165) is 30.5 Å². The number of aryl methyl sites for hydroxylation is 1. The van der Waals surface area contributed by atoms with Crippen molar-refractivity contribution < 1.29 is 31.8 Å². The summed E-state index contributed by atoms with van der Waals surface area (Å²) in [5, 5.41) is 0. The van der Waals surface area contributed by atoms with Gasteiger partial charge in [0.15, 0.2) is 23.2 Å². The van der Waals surface area contributed by atoms with Crippen molar-refractivity contribution in [3.05, 3.63) is 107 Å². The summed E-state index contributed by atoms with van der Waals surface area (Å²) in [5.41, 5.74) is 1.62. The van der Waals surface area contributed by atoms with Crippen molar-refractivity contribution in [3.63, 3.8) is 0 Å². The van der Waals surface area contributed by atoms with E-state index in [-0.39, 0.29) is 29.2 Å². The summed E-state index contributed by atoms with van der Waals surface area (Å²) in [5.74, 6) is -6.05. The monoisotopic (exact) mass is 508 g/mol. The summed E-state index contributed by atoms with van der Waals surface area (Å²) >= 11 is 0. The molecular formula is C30H24F4O3. The number of benzene rings is 4. The first kappa shape index (κ1) is 25.9. The molecule has 0 aliphatic rings. The van der Waals surface area contributed by atoms with Crippen LogP contribution in [-0.2, 0) is 6.42 Å². The number of halogens is 4. The van der Waals surface area contributed by atoms with Crippen LogP contribution in [0.3, 0.4) is 0 Å². The van der Waals surface area contributed by atoms with E-state index >= 15 is 0 Å². The lowest BCUT2D eigenvalue weighted by Gasteiger charge is -2.11. The number of carbonyl (C=O) groups is 1. The highest BCUT2D eigenvalue weighted by molar-refractivity contribution is 5.91. The molecule has 0 bridgehead atoms. The Balaban J connectivity index is 1.52. The van der Waals surface area contributed by atoms with Gasteiger partial charge in [-0.15, -0.1) is 0 Å². The molecule has 4 rings (SSSR count). The predicted octanol–water partition coefficient (Wildman–Crippen LogP) is 8.15. The fourth-order valence-electron chi connectivity index (χ4n) is 3.96. The molecule has 0 amide bonds. The van der Waals surface area contributed by atoms with E-state index in [0.29, 0.717) is 11.1 Å². The second-order valence-corrected chi connectivity index (χ2v) is 8.32. The second-order valence-electron chi connectivity index (χ2n) is 8.32. The van der Waals surface area contributed by atoms with Crippen molar-refractivity contribution in [1.29, 1.82) is 0 Å². The molecule has 4 aromatic carbocycles. The van der Waals surface area contributed by atoms with Crippen LogP contribution in [0.25, 0.3) is 22.3 Å². The zero-order valence-electron chi connectivity index (χ0n) is 20.3. The Hall–Kier alpha value is -4.13. The number of hydrogen-bond acceptors (Lipinski definition) is 3. The molecule has 0 fully saturated rings. The first-order chi connectivity index (χ1) is 17.8. The highest BCUT2D eigenvalue weighted by Crippen LogP contribution is 2.33. The molecule has 0 radical (unpaired) electrons. The normalized spacial score (nSPS) is 10.9. The molecule has 0 heterocycles. The molecular weight excluding hydrogens is 484 g/mol. The highest BCUT2D eigenvalue weighted by atomic mass is 19.2. The Kier molecular flexibility index (Phi) is 7.92. The molecule has 0 aliphatic carbocycles. The lowest BCUT2D eigenvalue weighted by atomic mass is 9.97. The number of hydrogen-bond donors (Lipinski definition) is 0. The molecule has 0 aromatic heterocycles. The molecule has 7 heteroatoms. The molecule has 4 aromatic rings. The van der Waals surface area contributed by atoms with Crippen molar-refractivity contribution in [1.82, 2.24) is 0 Å². The van der Waals surface area contributed by atoms with Crippen LogP contribution in [-0.4, -0.2) is 12.6 Å². The zero-order valence-corrected chi connectivity index (χ0v) is 20.3. The molecule has 0 atom stereocenters. The van der Waals surface area contributed by atoms with Gasteiger partial charge < -0.3 is 9.47 Å². The fraction of sp³-hybridized carbons (Fsp3) is 0.167. The van der Waals surface area contributed by atoms with Crippen LogP contribution in [0.5, 0.6) is 11.5 Å². The van der Waals surface area contributed by atoms with Crippen LogP contribution in [0, 0.1) is 23.3 Å². The average molecular weight is 509 g/mol. The molecule has 0 saturated carbocycles. The maximum atomic E-state index is 15.0. The molecule has 0 unspecified atom stereocenters. The lowest BCUT2D eigenvalue weighted by molar-refractivity contribution is 0.0728. The van der Waals surface area contributed by atoms with Gasteiger partial charge in [0.2, 0.25) is 5.82 Å². The molecule has 0 N–H and O–H groups in total. The zero-order chi connectivity index (χ0) is 26.5. The van der Waals surface area contributed by atoms with E-state index < -0.39 is 34.8 Å². The Morgan fingerprint density at radius 3 is 1.78 bits per heavy atom. The lowest BCUT2D eigenvalue weighted by Crippen LogP contribution is -2.12. The van der Waals surface area contributed by atoms with E-state index in [4.69, 9.17) is 9.47 Å². The Morgan fingerprint density at radius 1 is 0.676 bits per heavy atom. The highest BCUT2D eigenvalue weighted by Gasteiger charge is 2.21. The van der Waals surface area contributed by atoms with Gasteiger partial charge in [-0.1, -0.05) is 61.9 Å². The van der Waals surface area contributed by atoms with Crippen LogP contribution in [0.1, 0.15) is 36.2 Å². The summed E-state index contributed by atoms with van der Waals surface area (Å²) in [4.78, 5) is 12.4. The van der Waals surface area contributed by atoms with E-state index in [1.54, 1.807) is 19.1 Å². The van der Waals surface area contributed by atoms with Gasteiger partial charge >= 0.3 is 5.97 Å². The summed E-state index contributed by atoms with van der Waals surface area (Å²) in [6, 6.07) is 18.1. The molecule has 190 valence electrons. The van der Waals surface area contributed by atoms with Crippen LogP contribution in [0.4, 0.5) is 17.6 Å². The van der Waals surface area contributed by atoms with Gasteiger partial charge in [0.25, 0.3) is 0 Å². The standard InChI is InChI=1S/C30H24F4O3/c1-3-5-18-6-8-19(9-7-18)22-14-15-23(27(32)26(22)31)20-10-12-21(13-11-20)37-30(35)24-16-17-25(36-4-2)29(34)28(24)33/h6-17H,3-5H2,1-2H3. The van der Waals surface area contributed by atoms with Crippen LogP contribution < -0.4 is 9.47 Å². The minimum atomic E-state index is -1.38. The van der Waals surface area contributed by atoms with Crippen LogP contribution in [0.2, 0.25) is 0 Å². The number of rotatable bonds is 8. The largest absolute Gasteiger partial charge is 0.491 e. The minimum absolute atomic E-state index is 0.0205. The second kappa shape index (κ2) is 11.3. The maximum absolute atomic E-state index is 15.0. The first-order valence-electron chi connectivity index (χ1n) is 11.8. The van der Waals surface area contributed by atoms with Crippen molar-refractivity contribution in [3.8, 4) is 33.8 Å². The third-order valence-corrected chi connectivity index (χ3v) is 5.83. The van der Waals surface area contributed by atoms with E-state index in [1.807, 2.05) is 12.1 Å². The first-order valence-corrected chi connectivity index (χ1v) is 11.8. The molecule has 37 heavy (non-hydrogen) atoms. The molecule has 0 aliphatic heterocycles. The SMILES string of the molecule is CCCc1ccc(-c2ccc(-c3ccc(OC(=O)c4ccc(OCC)c(F)c4F)cc3)c(F)c2F)cc1.